The summed E-state index contributed by atoms with van der Waals surface area (Å²) in [5.41, 5.74) is 7.26. The van der Waals surface area contributed by atoms with Crippen molar-refractivity contribution >= 4 is 29.0 Å². The van der Waals surface area contributed by atoms with Crippen molar-refractivity contribution in [3.8, 4) is 17.0 Å². The Balaban J connectivity index is 1.55. The summed E-state index contributed by atoms with van der Waals surface area (Å²) in [6, 6.07) is 7.14. The lowest BCUT2D eigenvalue weighted by Crippen LogP contribution is -2.37. The second kappa shape index (κ2) is 12.4. The Morgan fingerprint density at radius 2 is 1.85 bits per heavy atom. The molecule has 2 aromatic carbocycles. The molecule has 4 rings (SSSR count). The lowest BCUT2D eigenvalue weighted by atomic mass is 10.0. The van der Waals surface area contributed by atoms with E-state index >= 15 is 0 Å². The molecular weight excluding hydrogens is 534 g/mol. The van der Waals surface area contributed by atoms with Gasteiger partial charge < -0.3 is 26.4 Å². The Kier molecular flexibility index (Phi) is 8.79. The second-order valence-electron chi connectivity index (χ2n) is 8.39. The minimum absolute atomic E-state index is 0.132. The zero-order chi connectivity index (χ0) is 28.8. The summed E-state index contributed by atoms with van der Waals surface area (Å²) in [5, 5.41) is 8.44. The molecule has 0 unspecified atom stereocenters. The van der Waals surface area contributed by atoms with Gasteiger partial charge in [0.05, 0.1) is 18.4 Å². The summed E-state index contributed by atoms with van der Waals surface area (Å²) in [5.74, 6) is -4.14. The first-order valence-corrected chi connectivity index (χ1v) is 12.1. The highest BCUT2D eigenvalue weighted by Crippen LogP contribution is 2.32. The fraction of sp³-hybridized carbons (Fsp3) is 0.231. The molecule has 0 saturated carbocycles. The third-order valence-corrected chi connectivity index (χ3v) is 5.88. The average Bonchev–Trinajstić information content (AvgIpc) is 3.38. The van der Waals surface area contributed by atoms with Gasteiger partial charge in [-0.05, 0) is 42.3 Å². The van der Waals surface area contributed by atoms with Gasteiger partial charge in [-0.2, -0.15) is 13.2 Å². The summed E-state index contributed by atoms with van der Waals surface area (Å²) >= 11 is 0. The van der Waals surface area contributed by atoms with Crippen molar-refractivity contribution in [3.05, 3.63) is 71.7 Å². The van der Waals surface area contributed by atoms with Gasteiger partial charge in [0.2, 0.25) is 11.7 Å². The van der Waals surface area contributed by atoms with Crippen LogP contribution in [0.5, 0.6) is 5.75 Å². The molecule has 0 bridgehead atoms. The Morgan fingerprint density at radius 1 is 1.07 bits per heavy atom. The molecule has 2 amide bonds. The van der Waals surface area contributed by atoms with Crippen LogP contribution in [0.15, 0.2) is 48.9 Å². The number of ether oxygens (including phenoxy) is 1. The molecule has 0 atom stereocenters. The highest BCUT2D eigenvalue weighted by molar-refractivity contribution is 5.96. The second-order valence-corrected chi connectivity index (χ2v) is 8.39. The third-order valence-electron chi connectivity index (χ3n) is 5.88. The lowest BCUT2D eigenvalue weighted by Gasteiger charge is -2.13. The van der Waals surface area contributed by atoms with Crippen molar-refractivity contribution in [1.82, 2.24) is 25.0 Å². The van der Waals surface area contributed by atoms with Gasteiger partial charge in [0.15, 0.2) is 23.0 Å². The van der Waals surface area contributed by atoms with E-state index in [-0.39, 0.29) is 48.4 Å². The number of carbonyl (C=O) groups excluding carboxylic acids is 2. The van der Waals surface area contributed by atoms with Crippen LogP contribution >= 0.6 is 0 Å². The number of hydrogen-bond donors (Lipinski definition) is 4. The first-order chi connectivity index (χ1) is 19.2. The number of benzene rings is 2. The van der Waals surface area contributed by atoms with Crippen LogP contribution in [0.1, 0.15) is 22.8 Å². The number of nitrogens with zero attached hydrogens (tertiary/aromatic N) is 3. The SMILES string of the molecule is CCc1cc(Nc2nccn3c(-c4ccc(OC(F)F)c(F)c4F)cnc23)ccc1C(=O)NCCNC(=O)CN. The molecule has 2 aromatic heterocycles. The van der Waals surface area contributed by atoms with Crippen LogP contribution < -0.4 is 26.4 Å². The van der Waals surface area contributed by atoms with E-state index in [2.05, 4.69) is 30.7 Å². The molecule has 0 radical (unpaired) electrons. The van der Waals surface area contributed by atoms with E-state index in [0.29, 0.717) is 23.5 Å². The normalized spacial score (nSPS) is 11.1. The molecular formula is C26H25F4N7O3. The summed E-state index contributed by atoms with van der Waals surface area (Å²) < 4.78 is 59.5. The van der Waals surface area contributed by atoms with Crippen molar-refractivity contribution in [2.75, 3.05) is 25.0 Å². The number of fused-ring (bicyclic) bond motifs is 1. The van der Waals surface area contributed by atoms with Crippen LogP contribution in [0, 0.1) is 11.6 Å². The van der Waals surface area contributed by atoms with E-state index in [9.17, 15) is 27.2 Å². The number of anilines is 2. The minimum atomic E-state index is -3.30. The average molecular weight is 560 g/mol. The number of aryl methyl sites for hydroxylation is 1. The molecule has 5 N–H and O–H groups in total. The molecule has 14 heteroatoms. The Bertz CT molecular complexity index is 1540. The van der Waals surface area contributed by atoms with Gasteiger partial charge in [-0.3, -0.25) is 14.0 Å². The molecule has 40 heavy (non-hydrogen) atoms. The van der Waals surface area contributed by atoms with E-state index < -0.39 is 24.0 Å². The fourth-order valence-corrected chi connectivity index (χ4v) is 3.99. The molecule has 0 aliphatic heterocycles. The molecule has 10 nitrogen and oxygen atoms in total. The molecule has 0 spiro atoms. The number of imidazole rings is 1. The van der Waals surface area contributed by atoms with E-state index in [1.54, 1.807) is 18.2 Å². The molecule has 0 aliphatic rings. The van der Waals surface area contributed by atoms with Crippen molar-refractivity contribution in [2.45, 2.75) is 20.0 Å². The van der Waals surface area contributed by atoms with Crippen LogP contribution in [0.25, 0.3) is 16.9 Å². The van der Waals surface area contributed by atoms with Crippen LogP contribution in [-0.4, -0.2) is 52.4 Å². The first-order valence-electron chi connectivity index (χ1n) is 12.1. The van der Waals surface area contributed by atoms with Crippen molar-refractivity contribution in [2.24, 2.45) is 5.73 Å². The number of amides is 2. The summed E-state index contributed by atoms with van der Waals surface area (Å²) in [6.07, 6.45) is 4.76. The van der Waals surface area contributed by atoms with Gasteiger partial charge in [-0.15, -0.1) is 0 Å². The summed E-state index contributed by atoms with van der Waals surface area (Å²) in [4.78, 5) is 32.4. The number of alkyl halides is 2. The minimum Gasteiger partial charge on any atom is -0.432 e. The van der Waals surface area contributed by atoms with Crippen molar-refractivity contribution < 1.29 is 31.9 Å². The van der Waals surface area contributed by atoms with Gasteiger partial charge in [0.1, 0.15) is 0 Å². The first kappa shape index (κ1) is 28.3. The van der Waals surface area contributed by atoms with E-state index in [1.165, 1.54) is 23.0 Å². The lowest BCUT2D eigenvalue weighted by molar-refractivity contribution is -0.119. The summed E-state index contributed by atoms with van der Waals surface area (Å²) in [7, 11) is 0. The van der Waals surface area contributed by atoms with E-state index in [4.69, 9.17) is 5.73 Å². The number of aromatic nitrogens is 3. The Labute approximate surface area is 225 Å². The third kappa shape index (κ3) is 6.12. The predicted octanol–water partition coefficient (Wildman–Crippen LogP) is 3.39. The quantitative estimate of drug-likeness (QED) is 0.163. The van der Waals surface area contributed by atoms with Crippen molar-refractivity contribution in [1.29, 1.82) is 0 Å². The van der Waals surface area contributed by atoms with E-state index in [1.807, 2.05) is 6.92 Å². The number of nitrogens with two attached hydrogens (primary N) is 1. The number of hydrogen-bond acceptors (Lipinski definition) is 7. The van der Waals surface area contributed by atoms with Crippen LogP contribution in [0.2, 0.25) is 0 Å². The van der Waals surface area contributed by atoms with Gasteiger partial charge in [-0.25, -0.2) is 14.4 Å². The van der Waals surface area contributed by atoms with Gasteiger partial charge >= 0.3 is 6.61 Å². The van der Waals surface area contributed by atoms with Crippen LogP contribution in [-0.2, 0) is 11.2 Å². The number of halogens is 4. The fourth-order valence-electron chi connectivity index (χ4n) is 3.99. The molecule has 0 saturated heterocycles. The topological polar surface area (TPSA) is 136 Å². The number of rotatable bonds is 11. The molecule has 0 aliphatic carbocycles. The predicted molar refractivity (Wildman–Crippen MR) is 138 cm³/mol. The largest absolute Gasteiger partial charge is 0.432 e. The van der Waals surface area contributed by atoms with Gasteiger partial charge in [-0.1, -0.05) is 6.92 Å². The number of nitrogens with one attached hydrogen (secondary N) is 3. The number of carbonyl (C=O) groups is 2. The van der Waals surface area contributed by atoms with E-state index in [0.717, 1.165) is 17.7 Å². The Hall–Kier alpha value is -4.72. The maximum absolute atomic E-state index is 14.8. The summed E-state index contributed by atoms with van der Waals surface area (Å²) in [6.45, 7) is -1.07. The van der Waals surface area contributed by atoms with Crippen LogP contribution in [0.3, 0.4) is 0 Å². The van der Waals surface area contributed by atoms with Crippen LogP contribution in [0.4, 0.5) is 29.1 Å². The molecule has 210 valence electrons. The van der Waals surface area contributed by atoms with Gasteiger partial charge in [0.25, 0.3) is 5.91 Å². The standard InChI is InChI=1S/C26H25F4N7O3/c1-2-14-11-15(3-4-16(14)25(39)34-8-7-32-20(38)12-31)36-23-24-35-13-18(37(24)10-9-33-23)17-5-6-19(40-26(29)30)22(28)21(17)27/h3-6,9-11,13,26H,2,7-8,12,31H2,1H3,(H,32,38)(H,33,36)(H,34,39). The zero-order valence-electron chi connectivity index (χ0n) is 21.2. The highest BCUT2D eigenvalue weighted by atomic mass is 19.3. The molecule has 2 heterocycles. The monoisotopic (exact) mass is 559 g/mol. The maximum atomic E-state index is 14.8. The van der Waals surface area contributed by atoms with Gasteiger partial charge in [0, 0.05) is 42.3 Å². The molecule has 0 fully saturated rings. The highest BCUT2D eigenvalue weighted by Gasteiger charge is 2.21. The zero-order valence-corrected chi connectivity index (χ0v) is 21.2. The molecule has 4 aromatic rings. The maximum Gasteiger partial charge on any atom is 0.387 e. The van der Waals surface area contributed by atoms with Crippen molar-refractivity contribution in [3.63, 3.8) is 0 Å². The smallest absolute Gasteiger partial charge is 0.387 e. The Morgan fingerprint density at radius 3 is 2.58 bits per heavy atom.